The highest BCUT2D eigenvalue weighted by Crippen LogP contribution is 2.17. The van der Waals surface area contributed by atoms with Crippen LogP contribution in [-0.4, -0.2) is 18.0 Å². The molecule has 0 spiro atoms. The molecule has 1 rings (SSSR count). The lowest BCUT2D eigenvalue weighted by Crippen LogP contribution is -2.43. The second-order valence-electron chi connectivity index (χ2n) is 4.15. The van der Waals surface area contributed by atoms with Crippen molar-refractivity contribution < 1.29 is 9.18 Å². The Morgan fingerprint density at radius 2 is 2.11 bits per heavy atom. The molecule has 0 bridgehead atoms. The van der Waals surface area contributed by atoms with Gasteiger partial charge in [0.05, 0.1) is 10.5 Å². The summed E-state index contributed by atoms with van der Waals surface area (Å²) in [5.74, 6) is -0.473. The molecule has 0 saturated heterocycles. The predicted molar refractivity (Wildman–Crippen MR) is 76.3 cm³/mol. The topological polar surface area (TPSA) is 55.1 Å². The van der Waals surface area contributed by atoms with E-state index >= 15 is 0 Å². The Labute approximate surface area is 121 Å². The molecule has 0 aliphatic carbocycles. The summed E-state index contributed by atoms with van der Waals surface area (Å²) in [5.41, 5.74) is 6.41. The van der Waals surface area contributed by atoms with Crippen LogP contribution in [0.3, 0.4) is 0 Å². The summed E-state index contributed by atoms with van der Waals surface area (Å²) in [5, 5.41) is 2.79. The van der Waals surface area contributed by atoms with Crippen molar-refractivity contribution in [1.82, 2.24) is 5.32 Å². The molecule has 3 N–H and O–H groups in total. The van der Waals surface area contributed by atoms with Crippen molar-refractivity contribution >= 4 is 34.2 Å². The minimum absolute atomic E-state index is 0. The smallest absolute Gasteiger partial charge is 0.236 e. The van der Waals surface area contributed by atoms with Crippen LogP contribution in [0.4, 0.5) is 4.39 Å². The molecule has 102 valence electrons. The third kappa shape index (κ3) is 5.33. The van der Waals surface area contributed by atoms with E-state index in [1.807, 2.05) is 6.92 Å². The maximum Gasteiger partial charge on any atom is 0.236 e. The van der Waals surface area contributed by atoms with E-state index in [1.165, 1.54) is 6.07 Å². The summed E-state index contributed by atoms with van der Waals surface area (Å²) in [4.78, 5) is 11.4. The van der Waals surface area contributed by atoms with Gasteiger partial charge in [-0.05, 0) is 53.9 Å². The van der Waals surface area contributed by atoms with E-state index in [1.54, 1.807) is 19.1 Å². The summed E-state index contributed by atoms with van der Waals surface area (Å²) in [6.45, 7) is 3.52. The molecular weight excluding hydrogens is 322 g/mol. The molecule has 18 heavy (non-hydrogen) atoms. The first-order valence-corrected chi connectivity index (χ1v) is 6.19. The molecule has 0 heterocycles. The van der Waals surface area contributed by atoms with Gasteiger partial charge in [0, 0.05) is 6.04 Å². The van der Waals surface area contributed by atoms with Gasteiger partial charge in [-0.25, -0.2) is 4.39 Å². The van der Waals surface area contributed by atoms with Gasteiger partial charge in [-0.1, -0.05) is 6.07 Å². The van der Waals surface area contributed by atoms with Crippen molar-refractivity contribution in [3.63, 3.8) is 0 Å². The number of hydrogen-bond donors (Lipinski definition) is 2. The van der Waals surface area contributed by atoms with Crippen molar-refractivity contribution in [2.75, 3.05) is 0 Å². The first-order valence-electron chi connectivity index (χ1n) is 5.40. The summed E-state index contributed by atoms with van der Waals surface area (Å²) < 4.78 is 13.5. The zero-order chi connectivity index (χ0) is 13.0. The summed E-state index contributed by atoms with van der Waals surface area (Å²) in [7, 11) is 0. The number of hydrogen-bond acceptors (Lipinski definition) is 2. The fourth-order valence-electron chi connectivity index (χ4n) is 1.45. The monoisotopic (exact) mass is 338 g/mol. The van der Waals surface area contributed by atoms with E-state index in [0.29, 0.717) is 10.9 Å². The quantitative estimate of drug-likeness (QED) is 0.885. The van der Waals surface area contributed by atoms with Crippen molar-refractivity contribution in [3.8, 4) is 0 Å². The van der Waals surface area contributed by atoms with Crippen LogP contribution in [0.5, 0.6) is 0 Å². The standard InChI is InChI=1S/C12H16BrFN2O.ClH/c1-7(16-12(17)8(2)15)5-9-3-4-11(14)10(13)6-9;/h3-4,6-8H,5,15H2,1-2H3,(H,16,17);1H/t7?,8-;/m0./s1. The molecule has 1 aromatic carbocycles. The van der Waals surface area contributed by atoms with Crippen LogP contribution in [0.15, 0.2) is 22.7 Å². The molecule has 0 fully saturated rings. The van der Waals surface area contributed by atoms with Gasteiger partial charge >= 0.3 is 0 Å². The lowest BCUT2D eigenvalue weighted by Gasteiger charge is -2.15. The average Bonchev–Trinajstić information content (AvgIpc) is 2.23. The van der Waals surface area contributed by atoms with Gasteiger partial charge in [0.15, 0.2) is 0 Å². The van der Waals surface area contributed by atoms with Crippen molar-refractivity contribution in [2.45, 2.75) is 32.4 Å². The van der Waals surface area contributed by atoms with Crippen molar-refractivity contribution in [3.05, 3.63) is 34.1 Å². The van der Waals surface area contributed by atoms with E-state index in [0.717, 1.165) is 5.56 Å². The van der Waals surface area contributed by atoms with Gasteiger partial charge in [0.25, 0.3) is 0 Å². The van der Waals surface area contributed by atoms with Crippen molar-refractivity contribution in [1.29, 1.82) is 0 Å². The lowest BCUT2D eigenvalue weighted by atomic mass is 10.1. The van der Waals surface area contributed by atoms with Gasteiger partial charge in [0.2, 0.25) is 5.91 Å². The number of carbonyl (C=O) groups is 1. The fourth-order valence-corrected chi connectivity index (χ4v) is 1.87. The third-order valence-electron chi connectivity index (χ3n) is 2.33. The molecule has 0 aliphatic rings. The Morgan fingerprint density at radius 3 is 2.61 bits per heavy atom. The Bertz CT molecular complexity index is 415. The molecule has 1 aromatic rings. The number of nitrogens with one attached hydrogen (secondary N) is 1. The lowest BCUT2D eigenvalue weighted by molar-refractivity contribution is -0.122. The van der Waals surface area contributed by atoms with Crippen LogP contribution in [-0.2, 0) is 11.2 Å². The Kier molecular flexibility index (Phi) is 7.43. The van der Waals surface area contributed by atoms with E-state index < -0.39 is 6.04 Å². The Balaban J connectivity index is 0.00000289. The van der Waals surface area contributed by atoms with Crippen LogP contribution in [0, 0.1) is 5.82 Å². The molecular formula is C12H17BrClFN2O. The summed E-state index contributed by atoms with van der Waals surface area (Å²) >= 11 is 3.13. The number of rotatable bonds is 4. The molecule has 0 saturated carbocycles. The number of amides is 1. The van der Waals surface area contributed by atoms with Gasteiger partial charge in [-0.15, -0.1) is 12.4 Å². The minimum Gasteiger partial charge on any atom is -0.352 e. The highest BCUT2D eigenvalue weighted by Gasteiger charge is 2.12. The van der Waals surface area contributed by atoms with Crippen LogP contribution in [0.1, 0.15) is 19.4 Å². The normalized spacial score (nSPS) is 13.4. The maximum absolute atomic E-state index is 13.0. The molecule has 0 radical (unpaired) electrons. The minimum atomic E-state index is -0.516. The molecule has 1 amide bonds. The molecule has 0 aliphatic heterocycles. The second kappa shape index (κ2) is 7.71. The summed E-state index contributed by atoms with van der Waals surface area (Å²) in [6, 6.07) is 4.26. The van der Waals surface area contributed by atoms with Crippen LogP contribution in [0.25, 0.3) is 0 Å². The second-order valence-corrected chi connectivity index (χ2v) is 5.01. The number of benzene rings is 1. The van der Waals surface area contributed by atoms with Crippen LogP contribution in [0.2, 0.25) is 0 Å². The SMILES string of the molecule is CC(Cc1ccc(F)c(Br)c1)NC(=O)[C@H](C)N.Cl. The number of carbonyl (C=O) groups excluding carboxylic acids is 1. The van der Waals surface area contributed by atoms with Gasteiger partial charge in [0.1, 0.15) is 5.82 Å². The van der Waals surface area contributed by atoms with Gasteiger partial charge in [-0.3, -0.25) is 4.79 Å². The Morgan fingerprint density at radius 1 is 1.50 bits per heavy atom. The van der Waals surface area contributed by atoms with Crippen LogP contribution < -0.4 is 11.1 Å². The highest BCUT2D eigenvalue weighted by atomic mass is 79.9. The number of halogens is 3. The fraction of sp³-hybridized carbons (Fsp3) is 0.417. The van der Waals surface area contributed by atoms with E-state index in [-0.39, 0.29) is 30.2 Å². The van der Waals surface area contributed by atoms with Gasteiger partial charge in [-0.2, -0.15) is 0 Å². The summed E-state index contributed by atoms with van der Waals surface area (Å²) in [6.07, 6.45) is 0.636. The van der Waals surface area contributed by atoms with E-state index in [4.69, 9.17) is 5.73 Å². The van der Waals surface area contributed by atoms with Crippen molar-refractivity contribution in [2.24, 2.45) is 5.73 Å². The highest BCUT2D eigenvalue weighted by molar-refractivity contribution is 9.10. The largest absolute Gasteiger partial charge is 0.352 e. The maximum atomic E-state index is 13.0. The molecule has 1 unspecified atom stereocenters. The molecule has 3 nitrogen and oxygen atoms in total. The first kappa shape index (κ1) is 17.4. The van der Waals surface area contributed by atoms with Crippen LogP contribution >= 0.6 is 28.3 Å². The zero-order valence-corrected chi connectivity index (χ0v) is 12.6. The zero-order valence-electron chi connectivity index (χ0n) is 10.2. The third-order valence-corrected chi connectivity index (χ3v) is 2.94. The average molecular weight is 340 g/mol. The number of nitrogens with two attached hydrogens (primary N) is 1. The molecule has 0 aromatic heterocycles. The van der Waals surface area contributed by atoms with Gasteiger partial charge < -0.3 is 11.1 Å². The van der Waals surface area contributed by atoms with E-state index in [9.17, 15) is 9.18 Å². The first-order chi connectivity index (χ1) is 7.90. The molecule has 6 heteroatoms. The molecule has 2 atom stereocenters. The predicted octanol–water partition coefficient (Wildman–Crippen LogP) is 2.40. The Hall–Kier alpha value is -0.650. The van der Waals surface area contributed by atoms with E-state index in [2.05, 4.69) is 21.2 Å².